The predicted octanol–water partition coefficient (Wildman–Crippen LogP) is 2.59. The molecule has 2 bridgehead atoms. The van der Waals surface area contributed by atoms with Gasteiger partial charge in [0.25, 0.3) is 0 Å². The van der Waals surface area contributed by atoms with E-state index >= 15 is 0 Å². The van der Waals surface area contributed by atoms with Gasteiger partial charge in [-0.05, 0) is 61.0 Å². The Morgan fingerprint density at radius 1 is 1.10 bits per heavy atom. The molecule has 0 radical (unpaired) electrons. The summed E-state index contributed by atoms with van der Waals surface area (Å²) in [5, 5.41) is 19.1. The topological polar surface area (TPSA) is 50.9 Å². The molecule has 108 valence electrons. The lowest BCUT2D eigenvalue weighted by Crippen LogP contribution is -2.13. The molecule has 3 saturated carbocycles. The Morgan fingerprint density at radius 3 is 2.52 bits per heavy atom. The molecule has 1 aromatic heterocycles. The lowest BCUT2D eigenvalue weighted by Gasteiger charge is -2.16. The maximum Gasteiger partial charge on any atom is 0.101 e. The van der Waals surface area contributed by atoms with Crippen LogP contribution in [0.3, 0.4) is 0 Å². The van der Waals surface area contributed by atoms with E-state index in [1.54, 1.807) is 10.9 Å². The van der Waals surface area contributed by atoms with Crippen molar-refractivity contribution in [1.82, 2.24) is 15.0 Å². The summed E-state index contributed by atoms with van der Waals surface area (Å²) in [5.41, 5.74) is 1.82. The number of para-hydroxylation sites is 1. The van der Waals surface area contributed by atoms with Gasteiger partial charge in [0.05, 0.1) is 17.6 Å². The Morgan fingerprint density at radius 2 is 1.81 bits per heavy atom. The molecule has 0 aliphatic heterocycles. The molecular formula is C17H19N3O. The second kappa shape index (κ2) is 4.17. The Hall–Kier alpha value is -1.68. The van der Waals surface area contributed by atoms with Gasteiger partial charge in [0, 0.05) is 0 Å². The monoisotopic (exact) mass is 281 g/mol. The van der Waals surface area contributed by atoms with Crippen molar-refractivity contribution in [2.45, 2.75) is 25.4 Å². The van der Waals surface area contributed by atoms with Crippen LogP contribution in [0.4, 0.5) is 0 Å². The van der Waals surface area contributed by atoms with Gasteiger partial charge >= 0.3 is 0 Å². The van der Waals surface area contributed by atoms with E-state index < -0.39 is 6.10 Å². The van der Waals surface area contributed by atoms with Crippen molar-refractivity contribution in [3.8, 4) is 5.69 Å². The number of benzene rings is 1. The zero-order valence-corrected chi connectivity index (χ0v) is 11.8. The minimum absolute atomic E-state index is 0.418. The van der Waals surface area contributed by atoms with Crippen LogP contribution in [-0.4, -0.2) is 20.1 Å². The molecule has 3 aliphatic rings. The molecule has 2 aromatic rings. The van der Waals surface area contributed by atoms with Crippen molar-refractivity contribution in [3.63, 3.8) is 0 Å². The molecule has 4 heteroatoms. The van der Waals surface area contributed by atoms with Gasteiger partial charge in [0.1, 0.15) is 6.10 Å². The fourth-order valence-corrected chi connectivity index (χ4v) is 5.23. The van der Waals surface area contributed by atoms with Gasteiger partial charge in [0.15, 0.2) is 0 Å². The lowest BCUT2D eigenvalue weighted by atomic mass is 9.97. The average molecular weight is 281 g/mol. The Kier molecular flexibility index (Phi) is 2.37. The maximum atomic E-state index is 10.9. The van der Waals surface area contributed by atoms with Crippen LogP contribution < -0.4 is 0 Å². The van der Waals surface area contributed by atoms with Gasteiger partial charge in [-0.3, -0.25) is 0 Å². The highest BCUT2D eigenvalue weighted by atomic mass is 16.3. The number of hydrogen-bond acceptors (Lipinski definition) is 3. The number of aliphatic hydroxyl groups excluding tert-OH is 1. The summed E-state index contributed by atoms with van der Waals surface area (Å²) in [7, 11) is 0. The molecule has 4 nitrogen and oxygen atoms in total. The predicted molar refractivity (Wildman–Crippen MR) is 77.6 cm³/mol. The van der Waals surface area contributed by atoms with Gasteiger partial charge < -0.3 is 5.11 Å². The third-order valence-corrected chi connectivity index (χ3v) is 6.04. The molecule has 0 amide bonds. The van der Waals surface area contributed by atoms with Crippen LogP contribution in [0.2, 0.25) is 0 Å². The summed E-state index contributed by atoms with van der Waals surface area (Å²) in [5.74, 6) is 3.72. The molecule has 1 aromatic carbocycles. The van der Waals surface area contributed by atoms with Crippen molar-refractivity contribution in [2.24, 2.45) is 29.6 Å². The molecule has 21 heavy (non-hydrogen) atoms. The first kappa shape index (κ1) is 11.9. The fourth-order valence-electron chi connectivity index (χ4n) is 5.23. The molecule has 3 fully saturated rings. The number of aliphatic hydroxyl groups is 1. The zero-order chi connectivity index (χ0) is 14.0. The van der Waals surface area contributed by atoms with E-state index in [4.69, 9.17) is 0 Å². The third-order valence-electron chi connectivity index (χ3n) is 6.04. The normalized spacial score (nSPS) is 37.5. The Labute approximate surface area is 123 Å². The fraction of sp³-hybridized carbons (Fsp3) is 0.529. The van der Waals surface area contributed by atoms with Crippen molar-refractivity contribution in [2.75, 3.05) is 0 Å². The lowest BCUT2D eigenvalue weighted by molar-refractivity contribution is 0.123. The van der Waals surface area contributed by atoms with Crippen molar-refractivity contribution >= 4 is 0 Å². The van der Waals surface area contributed by atoms with E-state index in [2.05, 4.69) is 10.3 Å². The smallest absolute Gasteiger partial charge is 0.101 e. The van der Waals surface area contributed by atoms with E-state index in [0.29, 0.717) is 5.92 Å². The molecule has 5 rings (SSSR count). The maximum absolute atomic E-state index is 10.9. The van der Waals surface area contributed by atoms with Gasteiger partial charge in [-0.15, -0.1) is 5.10 Å². The van der Waals surface area contributed by atoms with Crippen LogP contribution in [-0.2, 0) is 0 Å². The molecular weight excluding hydrogens is 262 g/mol. The number of rotatable bonds is 3. The highest BCUT2D eigenvalue weighted by Crippen LogP contribution is 2.72. The highest BCUT2D eigenvalue weighted by Gasteiger charge is 2.67. The summed E-state index contributed by atoms with van der Waals surface area (Å²) >= 11 is 0. The summed E-state index contributed by atoms with van der Waals surface area (Å²) in [4.78, 5) is 0. The van der Waals surface area contributed by atoms with Gasteiger partial charge in [0.2, 0.25) is 0 Å². The van der Waals surface area contributed by atoms with Gasteiger partial charge in [-0.25, -0.2) is 4.68 Å². The van der Waals surface area contributed by atoms with Crippen LogP contribution in [0.15, 0.2) is 36.5 Å². The van der Waals surface area contributed by atoms with Crippen molar-refractivity contribution < 1.29 is 5.11 Å². The van der Waals surface area contributed by atoms with E-state index in [9.17, 15) is 5.11 Å². The van der Waals surface area contributed by atoms with Crippen LogP contribution >= 0.6 is 0 Å². The second-order valence-corrected chi connectivity index (χ2v) is 6.92. The van der Waals surface area contributed by atoms with Gasteiger partial charge in [-0.2, -0.15) is 0 Å². The van der Waals surface area contributed by atoms with E-state index in [1.165, 1.54) is 19.3 Å². The summed E-state index contributed by atoms with van der Waals surface area (Å²) < 4.78 is 1.79. The van der Waals surface area contributed by atoms with Crippen molar-refractivity contribution in [3.05, 3.63) is 42.2 Å². The highest BCUT2D eigenvalue weighted by molar-refractivity contribution is 5.33. The first-order valence-electron chi connectivity index (χ1n) is 7.98. The largest absolute Gasteiger partial charge is 0.386 e. The van der Waals surface area contributed by atoms with E-state index in [0.717, 1.165) is 35.1 Å². The third kappa shape index (κ3) is 1.59. The van der Waals surface area contributed by atoms with E-state index in [1.807, 2.05) is 30.3 Å². The minimum Gasteiger partial charge on any atom is -0.386 e. The number of hydrogen-bond donors (Lipinski definition) is 1. The summed E-state index contributed by atoms with van der Waals surface area (Å²) in [6.45, 7) is 0. The first-order chi connectivity index (χ1) is 10.3. The Balaban J connectivity index is 1.46. The number of nitrogens with zero attached hydrogens (tertiary/aromatic N) is 3. The standard InChI is InChI=1S/C17H19N3O/c21-17(16-14-10-6-7-11(8-10)15(14)16)13-9-18-19-20(13)12-4-2-1-3-5-12/h1-5,9-11,14-17,21H,6-8H2. The van der Waals surface area contributed by atoms with Crippen LogP contribution in [0.25, 0.3) is 5.69 Å². The van der Waals surface area contributed by atoms with Gasteiger partial charge in [-0.1, -0.05) is 23.4 Å². The molecule has 3 aliphatic carbocycles. The van der Waals surface area contributed by atoms with Crippen LogP contribution in [0.1, 0.15) is 31.1 Å². The number of aromatic nitrogens is 3. The van der Waals surface area contributed by atoms with Crippen molar-refractivity contribution in [1.29, 1.82) is 0 Å². The molecule has 0 spiro atoms. The minimum atomic E-state index is -0.418. The quantitative estimate of drug-likeness (QED) is 0.940. The molecule has 0 saturated heterocycles. The summed E-state index contributed by atoms with van der Waals surface area (Å²) in [6, 6.07) is 9.96. The first-order valence-corrected chi connectivity index (χ1v) is 7.98. The average Bonchev–Trinajstić information content (AvgIpc) is 2.92. The van der Waals surface area contributed by atoms with Crippen LogP contribution in [0.5, 0.6) is 0 Å². The number of fused-ring (bicyclic) bond motifs is 5. The molecule has 5 unspecified atom stereocenters. The molecule has 5 atom stereocenters. The molecule has 1 heterocycles. The Bertz CT molecular complexity index is 652. The van der Waals surface area contributed by atoms with E-state index in [-0.39, 0.29) is 0 Å². The summed E-state index contributed by atoms with van der Waals surface area (Å²) in [6.07, 6.45) is 5.48. The van der Waals surface area contributed by atoms with Crippen LogP contribution in [0, 0.1) is 29.6 Å². The SMILES string of the molecule is OC(c1cnnn1-c1ccccc1)C1C2C3CCC(C3)C21. The second-order valence-electron chi connectivity index (χ2n) is 6.92. The zero-order valence-electron chi connectivity index (χ0n) is 11.8. The molecule has 1 N–H and O–H groups in total.